The van der Waals surface area contributed by atoms with Crippen molar-refractivity contribution in [1.82, 2.24) is 10.3 Å². The number of anilines is 1. The fourth-order valence-corrected chi connectivity index (χ4v) is 3.07. The number of aromatic nitrogens is 1. The molecule has 0 saturated carbocycles. The summed E-state index contributed by atoms with van der Waals surface area (Å²) in [4.78, 5) is 18.6. The van der Waals surface area contributed by atoms with Crippen LogP contribution in [0.1, 0.15) is 29.9 Å². The topological polar surface area (TPSA) is 105 Å². The standard InChI is InChI=1S/C18H24N4O3S/c1-3-22(4-2)15-7-10-17(21-13-15)18(23)20-12-11-14-5-8-16(9-6-14)26(19,24)25/h5-10,13H,3-4,11-12H2,1-2H3,(H,20,23)(H2,19,24,25). The average Bonchev–Trinajstić information content (AvgIpc) is 2.63. The molecule has 0 spiro atoms. The van der Waals surface area contributed by atoms with Gasteiger partial charge in [-0.15, -0.1) is 0 Å². The predicted molar refractivity (Wildman–Crippen MR) is 102 cm³/mol. The molecule has 1 aromatic carbocycles. The molecule has 1 amide bonds. The lowest BCUT2D eigenvalue weighted by atomic mass is 10.1. The molecular formula is C18H24N4O3S. The predicted octanol–water partition coefficient (Wildman–Crippen LogP) is 1.55. The molecule has 2 rings (SSSR count). The van der Waals surface area contributed by atoms with Crippen molar-refractivity contribution in [2.75, 3.05) is 24.5 Å². The zero-order chi connectivity index (χ0) is 19.2. The molecule has 8 heteroatoms. The van der Waals surface area contributed by atoms with Gasteiger partial charge in [0.25, 0.3) is 5.91 Å². The normalized spacial score (nSPS) is 11.2. The number of nitrogens with zero attached hydrogens (tertiary/aromatic N) is 2. The van der Waals surface area contributed by atoms with Gasteiger partial charge in [-0.05, 0) is 50.1 Å². The third-order valence-corrected chi connectivity index (χ3v) is 4.99. The molecule has 1 heterocycles. The van der Waals surface area contributed by atoms with Crippen LogP contribution in [-0.2, 0) is 16.4 Å². The largest absolute Gasteiger partial charge is 0.371 e. The molecule has 140 valence electrons. The zero-order valence-corrected chi connectivity index (χ0v) is 15.8. The lowest BCUT2D eigenvalue weighted by molar-refractivity contribution is 0.0949. The van der Waals surface area contributed by atoms with E-state index < -0.39 is 10.0 Å². The van der Waals surface area contributed by atoms with Gasteiger partial charge in [-0.25, -0.2) is 18.5 Å². The Morgan fingerprint density at radius 2 is 1.77 bits per heavy atom. The van der Waals surface area contributed by atoms with Gasteiger partial charge in [-0.3, -0.25) is 4.79 Å². The highest BCUT2D eigenvalue weighted by Crippen LogP contribution is 2.12. The van der Waals surface area contributed by atoms with Gasteiger partial charge in [0.1, 0.15) is 5.69 Å². The number of hydrogen-bond donors (Lipinski definition) is 2. The molecule has 0 aliphatic heterocycles. The van der Waals surface area contributed by atoms with E-state index in [0.717, 1.165) is 24.3 Å². The number of rotatable bonds is 8. The molecule has 0 aliphatic carbocycles. The highest BCUT2D eigenvalue weighted by atomic mass is 32.2. The number of primary sulfonamides is 1. The fourth-order valence-electron chi connectivity index (χ4n) is 2.55. The molecule has 0 unspecified atom stereocenters. The van der Waals surface area contributed by atoms with E-state index in [-0.39, 0.29) is 10.8 Å². The Balaban J connectivity index is 1.88. The quantitative estimate of drug-likeness (QED) is 0.727. The van der Waals surface area contributed by atoms with Crippen molar-refractivity contribution < 1.29 is 13.2 Å². The number of pyridine rings is 1. The smallest absolute Gasteiger partial charge is 0.269 e. The van der Waals surface area contributed by atoms with E-state index in [1.165, 1.54) is 12.1 Å². The van der Waals surface area contributed by atoms with E-state index in [0.29, 0.717) is 18.7 Å². The van der Waals surface area contributed by atoms with Gasteiger partial charge >= 0.3 is 0 Å². The first kappa shape index (κ1) is 19.9. The van der Waals surface area contributed by atoms with Crippen LogP contribution in [0.25, 0.3) is 0 Å². The SMILES string of the molecule is CCN(CC)c1ccc(C(=O)NCCc2ccc(S(N)(=O)=O)cc2)nc1. The maximum absolute atomic E-state index is 12.2. The minimum Gasteiger partial charge on any atom is -0.371 e. The summed E-state index contributed by atoms with van der Waals surface area (Å²) in [6.07, 6.45) is 2.28. The molecule has 7 nitrogen and oxygen atoms in total. The number of sulfonamides is 1. The van der Waals surface area contributed by atoms with E-state index >= 15 is 0 Å². The van der Waals surface area contributed by atoms with Gasteiger partial charge in [0, 0.05) is 19.6 Å². The van der Waals surface area contributed by atoms with Crippen LogP contribution in [0.5, 0.6) is 0 Å². The second-order valence-electron chi connectivity index (χ2n) is 5.77. The first-order valence-corrected chi connectivity index (χ1v) is 10.0. The van der Waals surface area contributed by atoms with Crippen LogP contribution in [0.4, 0.5) is 5.69 Å². The number of carbonyl (C=O) groups is 1. The number of amides is 1. The van der Waals surface area contributed by atoms with Crippen LogP contribution < -0.4 is 15.4 Å². The van der Waals surface area contributed by atoms with E-state index in [9.17, 15) is 13.2 Å². The van der Waals surface area contributed by atoms with E-state index in [4.69, 9.17) is 5.14 Å². The van der Waals surface area contributed by atoms with Crippen molar-refractivity contribution in [2.45, 2.75) is 25.2 Å². The third-order valence-electron chi connectivity index (χ3n) is 4.06. The van der Waals surface area contributed by atoms with Crippen LogP contribution in [-0.4, -0.2) is 38.9 Å². The molecule has 0 bridgehead atoms. The highest BCUT2D eigenvalue weighted by molar-refractivity contribution is 7.89. The molecule has 0 fully saturated rings. The molecule has 3 N–H and O–H groups in total. The third kappa shape index (κ3) is 5.27. The van der Waals surface area contributed by atoms with Crippen LogP contribution >= 0.6 is 0 Å². The van der Waals surface area contributed by atoms with Crippen LogP contribution in [0.3, 0.4) is 0 Å². The van der Waals surface area contributed by atoms with Gasteiger partial charge in [0.2, 0.25) is 10.0 Å². The average molecular weight is 376 g/mol. The van der Waals surface area contributed by atoms with Crippen molar-refractivity contribution in [2.24, 2.45) is 5.14 Å². The number of hydrogen-bond acceptors (Lipinski definition) is 5. The van der Waals surface area contributed by atoms with Gasteiger partial charge < -0.3 is 10.2 Å². The van der Waals surface area contributed by atoms with E-state index in [2.05, 4.69) is 29.0 Å². The maximum atomic E-state index is 12.2. The summed E-state index contributed by atoms with van der Waals surface area (Å²) in [6, 6.07) is 9.89. The molecule has 1 aromatic heterocycles. The first-order chi connectivity index (χ1) is 12.3. The summed E-state index contributed by atoms with van der Waals surface area (Å²) in [5.41, 5.74) is 2.26. The summed E-state index contributed by atoms with van der Waals surface area (Å²) < 4.78 is 22.4. The van der Waals surface area contributed by atoms with Gasteiger partial charge in [-0.1, -0.05) is 12.1 Å². The Morgan fingerprint density at radius 3 is 2.27 bits per heavy atom. The Morgan fingerprint density at radius 1 is 1.12 bits per heavy atom. The second-order valence-corrected chi connectivity index (χ2v) is 7.33. The Kier molecular flexibility index (Phi) is 6.70. The molecule has 26 heavy (non-hydrogen) atoms. The summed E-state index contributed by atoms with van der Waals surface area (Å²) >= 11 is 0. The highest BCUT2D eigenvalue weighted by Gasteiger charge is 2.09. The molecule has 0 radical (unpaired) electrons. The van der Waals surface area contributed by atoms with E-state index in [1.54, 1.807) is 24.4 Å². The van der Waals surface area contributed by atoms with Crippen molar-refractivity contribution in [3.8, 4) is 0 Å². The van der Waals surface area contributed by atoms with Crippen molar-refractivity contribution in [3.63, 3.8) is 0 Å². The minimum absolute atomic E-state index is 0.0720. The molecule has 0 aliphatic rings. The summed E-state index contributed by atoms with van der Waals surface area (Å²) in [7, 11) is -3.68. The van der Waals surface area contributed by atoms with Crippen LogP contribution in [0, 0.1) is 0 Å². The van der Waals surface area contributed by atoms with Gasteiger partial charge in [0.15, 0.2) is 0 Å². The first-order valence-electron chi connectivity index (χ1n) is 8.46. The Bertz CT molecular complexity index is 830. The molecule has 0 atom stereocenters. The van der Waals surface area contributed by atoms with Crippen molar-refractivity contribution in [1.29, 1.82) is 0 Å². The molecule has 2 aromatic rings. The number of benzene rings is 1. The van der Waals surface area contributed by atoms with Crippen LogP contribution in [0.15, 0.2) is 47.5 Å². The molecule has 0 saturated heterocycles. The van der Waals surface area contributed by atoms with Crippen molar-refractivity contribution >= 4 is 21.6 Å². The maximum Gasteiger partial charge on any atom is 0.269 e. The minimum atomic E-state index is -3.68. The zero-order valence-electron chi connectivity index (χ0n) is 15.0. The van der Waals surface area contributed by atoms with Crippen molar-refractivity contribution in [3.05, 3.63) is 53.9 Å². The van der Waals surface area contributed by atoms with Gasteiger partial charge in [0.05, 0.1) is 16.8 Å². The lowest BCUT2D eigenvalue weighted by Crippen LogP contribution is -2.27. The number of carbonyl (C=O) groups excluding carboxylic acids is 1. The number of nitrogens with two attached hydrogens (primary N) is 1. The molecular weight excluding hydrogens is 352 g/mol. The summed E-state index contributed by atoms with van der Waals surface area (Å²) in [6.45, 7) is 6.33. The lowest BCUT2D eigenvalue weighted by Gasteiger charge is -2.20. The number of nitrogens with one attached hydrogen (secondary N) is 1. The summed E-state index contributed by atoms with van der Waals surface area (Å²) in [5.74, 6) is -0.239. The second kappa shape index (κ2) is 8.77. The van der Waals surface area contributed by atoms with Crippen LogP contribution in [0.2, 0.25) is 0 Å². The van der Waals surface area contributed by atoms with Gasteiger partial charge in [-0.2, -0.15) is 0 Å². The monoisotopic (exact) mass is 376 g/mol. The summed E-state index contributed by atoms with van der Waals surface area (Å²) in [5, 5.41) is 7.87. The van der Waals surface area contributed by atoms with E-state index in [1.807, 2.05) is 6.07 Å². The Labute approximate surface area is 154 Å². The fraction of sp³-hybridized carbons (Fsp3) is 0.333. The Hall–Kier alpha value is -2.45.